The summed E-state index contributed by atoms with van der Waals surface area (Å²) >= 11 is 1.33. The first-order valence-corrected chi connectivity index (χ1v) is 9.64. The van der Waals surface area contributed by atoms with Gasteiger partial charge in [-0.15, -0.1) is 11.3 Å². The Kier molecular flexibility index (Phi) is 5.71. The molecule has 1 heterocycles. The average molecular weight is 367 g/mol. The lowest BCUT2D eigenvalue weighted by molar-refractivity contribution is -0.116. The molecule has 0 aliphatic carbocycles. The van der Waals surface area contributed by atoms with Crippen LogP contribution in [0.5, 0.6) is 0 Å². The first kappa shape index (κ1) is 18.1. The topological polar surface area (TPSA) is 95.6 Å². The zero-order valence-electron chi connectivity index (χ0n) is 13.1. The molecule has 1 aromatic heterocycles. The molecule has 9 heteroatoms. The third-order valence-corrected chi connectivity index (χ3v) is 5.21. The Hall–Kier alpha value is -2.23. The Bertz CT molecular complexity index is 832. The van der Waals surface area contributed by atoms with Gasteiger partial charge in [0.25, 0.3) is 5.91 Å². The summed E-state index contributed by atoms with van der Waals surface area (Å²) < 4.78 is 23.6. The summed E-state index contributed by atoms with van der Waals surface area (Å²) in [6, 6.07) is 10.1. The summed E-state index contributed by atoms with van der Waals surface area (Å²) in [6.45, 7) is -0.287. The molecular weight excluding hydrogens is 350 g/mol. The van der Waals surface area contributed by atoms with E-state index in [0.29, 0.717) is 16.3 Å². The number of nitrogens with one attached hydrogen (secondary N) is 2. The fourth-order valence-corrected chi connectivity index (χ4v) is 2.77. The normalized spacial score (nSPS) is 11.3. The van der Waals surface area contributed by atoms with Crippen molar-refractivity contribution in [2.75, 3.05) is 30.5 Å². The molecule has 2 amide bonds. The van der Waals surface area contributed by atoms with Crippen molar-refractivity contribution >= 4 is 44.5 Å². The zero-order valence-corrected chi connectivity index (χ0v) is 14.8. The number of rotatable bonds is 6. The molecular formula is C15H17N3O4S2. The van der Waals surface area contributed by atoms with E-state index in [9.17, 15) is 18.0 Å². The molecule has 128 valence electrons. The Balaban J connectivity index is 2.00. The van der Waals surface area contributed by atoms with Gasteiger partial charge in [-0.2, -0.15) is 4.31 Å². The van der Waals surface area contributed by atoms with Gasteiger partial charge in [0.15, 0.2) is 0 Å². The van der Waals surface area contributed by atoms with E-state index in [4.69, 9.17) is 0 Å². The van der Waals surface area contributed by atoms with Crippen molar-refractivity contribution in [1.29, 1.82) is 0 Å². The van der Waals surface area contributed by atoms with E-state index in [0.717, 1.165) is 10.6 Å². The highest BCUT2D eigenvalue weighted by Gasteiger charge is 2.15. The molecule has 2 rings (SSSR count). The second-order valence-corrected chi connectivity index (χ2v) is 8.12. The van der Waals surface area contributed by atoms with Gasteiger partial charge in [-0.1, -0.05) is 12.1 Å². The SMILES string of the molecule is CN(CC(=O)Nc1cccc(NC(=O)c2cccs2)c1)S(C)(=O)=O. The first-order valence-electron chi connectivity index (χ1n) is 6.92. The van der Waals surface area contributed by atoms with Crippen LogP contribution in [-0.2, 0) is 14.8 Å². The van der Waals surface area contributed by atoms with Gasteiger partial charge < -0.3 is 10.6 Å². The number of thiophene rings is 1. The smallest absolute Gasteiger partial charge is 0.265 e. The highest BCUT2D eigenvalue weighted by atomic mass is 32.2. The van der Waals surface area contributed by atoms with Crippen LogP contribution in [0.15, 0.2) is 41.8 Å². The standard InChI is InChI=1S/C15H17N3O4S2/c1-18(24(2,21)22)10-14(19)16-11-5-3-6-12(9-11)17-15(20)13-7-4-8-23-13/h3-9H,10H2,1-2H3,(H,16,19)(H,17,20). The Labute approximate surface area is 144 Å². The molecule has 0 radical (unpaired) electrons. The van der Waals surface area contributed by atoms with Gasteiger partial charge in [0.05, 0.1) is 17.7 Å². The molecule has 0 aliphatic heterocycles. The van der Waals surface area contributed by atoms with Crippen molar-refractivity contribution in [3.8, 4) is 0 Å². The quantitative estimate of drug-likeness (QED) is 0.814. The van der Waals surface area contributed by atoms with E-state index in [2.05, 4.69) is 10.6 Å². The van der Waals surface area contributed by atoms with Gasteiger partial charge in [-0.25, -0.2) is 8.42 Å². The van der Waals surface area contributed by atoms with Gasteiger partial charge in [-0.3, -0.25) is 9.59 Å². The van der Waals surface area contributed by atoms with Gasteiger partial charge in [0.1, 0.15) is 0 Å². The lowest BCUT2D eigenvalue weighted by Crippen LogP contribution is -2.34. The predicted octanol–water partition coefficient (Wildman–Crippen LogP) is 1.83. The number of hydrogen-bond donors (Lipinski definition) is 2. The highest BCUT2D eigenvalue weighted by molar-refractivity contribution is 7.88. The van der Waals surface area contributed by atoms with Crippen LogP contribution in [0.3, 0.4) is 0 Å². The van der Waals surface area contributed by atoms with E-state index >= 15 is 0 Å². The molecule has 0 bridgehead atoms. The van der Waals surface area contributed by atoms with Gasteiger partial charge >= 0.3 is 0 Å². The van der Waals surface area contributed by atoms with Crippen LogP contribution in [-0.4, -0.2) is 44.4 Å². The molecule has 2 aromatic rings. The molecule has 0 unspecified atom stereocenters. The summed E-state index contributed by atoms with van der Waals surface area (Å²) in [6.07, 6.45) is 1.03. The number of sulfonamides is 1. The maximum atomic E-state index is 12.0. The molecule has 0 saturated carbocycles. The minimum absolute atomic E-state index is 0.231. The molecule has 0 atom stereocenters. The fourth-order valence-electron chi connectivity index (χ4n) is 1.80. The van der Waals surface area contributed by atoms with Crippen LogP contribution in [0.1, 0.15) is 9.67 Å². The second-order valence-electron chi connectivity index (χ2n) is 5.08. The summed E-state index contributed by atoms with van der Waals surface area (Å²) in [5.74, 6) is -0.699. The van der Waals surface area contributed by atoms with Crippen LogP contribution in [0.2, 0.25) is 0 Å². The first-order chi connectivity index (χ1) is 11.3. The minimum Gasteiger partial charge on any atom is -0.325 e. The Morgan fingerprint density at radius 2 is 1.79 bits per heavy atom. The zero-order chi connectivity index (χ0) is 17.7. The monoisotopic (exact) mass is 367 g/mol. The summed E-state index contributed by atoms with van der Waals surface area (Å²) in [5.41, 5.74) is 0.994. The number of carbonyl (C=O) groups is 2. The Morgan fingerprint density at radius 3 is 2.38 bits per heavy atom. The maximum Gasteiger partial charge on any atom is 0.265 e. The predicted molar refractivity (Wildman–Crippen MR) is 94.8 cm³/mol. The van der Waals surface area contributed by atoms with Crippen molar-refractivity contribution in [2.45, 2.75) is 0 Å². The lowest BCUT2D eigenvalue weighted by Gasteiger charge is -2.14. The number of amides is 2. The third-order valence-electron chi connectivity index (χ3n) is 3.08. The van der Waals surface area contributed by atoms with Crippen LogP contribution < -0.4 is 10.6 Å². The molecule has 24 heavy (non-hydrogen) atoms. The number of anilines is 2. The van der Waals surface area contributed by atoms with Crippen LogP contribution in [0.25, 0.3) is 0 Å². The molecule has 0 saturated heterocycles. The molecule has 7 nitrogen and oxygen atoms in total. The largest absolute Gasteiger partial charge is 0.325 e. The summed E-state index contributed by atoms with van der Waals surface area (Å²) in [5, 5.41) is 7.15. The third kappa shape index (κ3) is 5.15. The van der Waals surface area contributed by atoms with Gasteiger partial charge in [0, 0.05) is 18.4 Å². The summed E-state index contributed by atoms with van der Waals surface area (Å²) in [4.78, 5) is 24.5. The van der Waals surface area contributed by atoms with Crippen LogP contribution in [0.4, 0.5) is 11.4 Å². The van der Waals surface area contributed by atoms with Crippen molar-refractivity contribution in [3.63, 3.8) is 0 Å². The van der Waals surface area contributed by atoms with Crippen LogP contribution >= 0.6 is 11.3 Å². The Morgan fingerprint density at radius 1 is 1.12 bits per heavy atom. The molecule has 0 fully saturated rings. The number of likely N-dealkylation sites (N-methyl/N-ethyl adjacent to an activating group) is 1. The number of benzene rings is 1. The molecule has 0 spiro atoms. The lowest BCUT2D eigenvalue weighted by atomic mass is 10.2. The minimum atomic E-state index is -3.42. The van der Waals surface area contributed by atoms with Crippen LogP contribution in [0, 0.1) is 0 Å². The van der Waals surface area contributed by atoms with Crippen molar-refractivity contribution in [2.24, 2.45) is 0 Å². The van der Waals surface area contributed by atoms with E-state index in [1.165, 1.54) is 18.4 Å². The van der Waals surface area contributed by atoms with Gasteiger partial charge in [0.2, 0.25) is 15.9 Å². The fraction of sp³-hybridized carbons (Fsp3) is 0.200. The second kappa shape index (κ2) is 7.56. The van der Waals surface area contributed by atoms with E-state index < -0.39 is 15.9 Å². The summed E-state index contributed by atoms with van der Waals surface area (Å²) in [7, 11) is -2.10. The number of hydrogen-bond acceptors (Lipinski definition) is 5. The number of nitrogens with zero attached hydrogens (tertiary/aromatic N) is 1. The van der Waals surface area contributed by atoms with Crippen molar-refractivity contribution in [1.82, 2.24) is 4.31 Å². The van der Waals surface area contributed by atoms with Gasteiger partial charge in [-0.05, 0) is 29.6 Å². The van der Waals surface area contributed by atoms with Crippen molar-refractivity contribution < 1.29 is 18.0 Å². The van der Waals surface area contributed by atoms with Crippen molar-refractivity contribution in [3.05, 3.63) is 46.7 Å². The average Bonchev–Trinajstić information content (AvgIpc) is 3.00. The molecule has 1 aromatic carbocycles. The van der Waals surface area contributed by atoms with E-state index in [1.54, 1.807) is 36.4 Å². The van der Waals surface area contributed by atoms with E-state index in [-0.39, 0.29) is 12.5 Å². The highest BCUT2D eigenvalue weighted by Crippen LogP contribution is 2.17. The maximum absolute atomic E-state index is 12.0. The van der Waals surface area contributed by atoms with E-state index in [1.807, 2.05) is 5.38 Å². The molecule has 0 aliphatic rings. The number of carbonyl (C=O) groups excluding carboxylic acids is 2. The molecule has 2 N–H and O–H groups in total.